The van der Waals surface area contributed by atoms with Crippen LogP contribution in [-0.4, -0.2) is 19.3 Å². The van der Waals surface area contributed by atoms with Crippen molar-refractivity contribution < 1.29 is 9.53 Å². The highest BCUT2D eigenvalue weighted by atomic mass is 32.2. The largest absolute Gasteiger partial charge is 0.468 e. The molecule has 0 aliphatic heterocycles. The predicted molar refractivity (Wildman–Crippen MR) is 65.7 cm³/mol. The van der Waals surface area contributed by atoms with Crippen LogP contribution in [0.1, 0.15) is 18.9 Å². The smallest absolute Gasteiger partial charge is 0.316 e. The minimum Gasteiger partial charge on any atom is -0.468 e. The second-order valence-electron chi connectivity index (χ2n) is 4.30. The first kappa shape index (κ1) is 11.5. The summed E-state index contributed by atoms with van der Waals surface area (Å²) in [6, 6.07) is 8.23. The van der Waals surface area contributed by atoms with Gasteiger partial charge < -0.3 is 4.74 Å². The summed E-state index contributed by atoms with van der Waals surface area (Å²) in [5.74, 6) is 0.289. The molecule has 0 aromatic heterocycles. The molecule has 1 aliphatic rings. The van der Waals surface area contributed by atoms with Gasteiger partial charge in [-0.15, -0.1) is 11.8 Å². The number of benzene rings is 1. The van der Waals surface area contributed by atoms with Gasteiger partial charge in [0.25, 0.3) is 0 Å². The van der Waals surface area contributed by atoms with Gasteiger partial charge in [-0.25, -0.2) is 0 Å². The van der Waals surface area contributed by atoms with Crippen molar-refractivity contribution in [2.45, 2.75) is 23.7 Å². The quantitative estimate of drug-likeness (QED) is 0.596. The Morgan fingerprint density at radius 1 is 1.44 bits per heavy atom. The molecule has 2 atom stereocenters. The Morgan fingerprint density at radius 3 is 2.38 bits per heavy atom. The Bertz CT molecular complexity index is 399. The Balaban J connectivity index is 2.31. The molecule has 1 aromatic rings. The molecule has 2 unspecified atom stereocenters. The van der Waals surface area contributed by atoms with Crippen LogP contribution in [0.3, 0.4) is 0 Å². The standard InChI is InChI=1S/C13H16O2S/c1-9-8-13(9,12(14)15-2)10-4-6-11(16-3)7-5-10/h4-7,9H,8H2,1-3H3. The first-order valence-electron chi connectivity index (χ1n) is 5.38. The number of esters is 1. The van der Waals surface area contributed by atoms with E-state index >= 15 is 0 Å². The molecule has 0 bridgehead atoms. The summed E-state index contributed by atoms with van der Waals surface area (Å²) >= 11 is 1.71. The SMILES string of the molecule is COC(=O)C1(c2ccc(SC)cc2)CC1C. The molecule has 3 heteroatoms. The van der Waals surface area contributed by atoms with Crippen molar-refractivity contribution in [1.29, 1.82) is 0 Å². The zero-order chi connectivity index (χ0) is 11.8. The van der Waals surface area contributed by atoms with Crippen molar-refractivity contribution in [3.63, 3.8) is 0 Å². The fourth-order valence-corrected chi connectivity index (χ4v) is 2.71. The summed E-state index contributed by atoms with van der Waals surface area (Å²) in [7, 11) is 1.46. The van der Waals surface area contributed by atoms with Crippen LogP contribution in [0.15, 0.2) is 29.2 Å². The summed E-state index contributed by atoms with van der Waals surface area (Å²) in [4.78, 5) is 13.1. The molecule has 86 valence electrons. The minimum absolute atomic E-state index is 0.100. The van der Waals surface area contributed by atoms with Gasteiger partial charge in [-0.3, -0.25) is 4.79 Å². The van der Waals surface area contributed by atoms with E-state index in [9.17, 15) is 4.79 Å². The number of methoxy groups -OCH3 is 1. The van der Waals surface area contributed by atoms with Crippen LogP contribution in [0.4, 0.5) is 0 Å². The van der Waals surface area contributed by atoms with E-state index in [0.29, 0.717) is 5.92 Å². The first-order valence-corrected chi connectivity index (χ1v) is 6.60. The van der Waals surface area contributed by atoms with Gasteiger partial charge in [-0.05, 0) is 36.3 Å². The van der Waals surface area contributed by atoms with Crippen molar-refractivity contribution >= 4 is 17.7 Å². The van der Waals surface area contributed by atoms with E-state index in [1.54, 1.807) is 11.8 Å². The summed E-state index contributed by atoms with van der Waals surface area (Å²) < 4.78 is 4.91. The monoisotopic (exact) mass is 236 g/mol. The highest BCUT2D eigenvalue weighted by molar-refractivity contribution is 7.98. The van der Waals surface area contributed by atoms with Crippen molar-refractivity contribution in [3.05, 3.63) is 29.8 Å². The lowest BCUT2D eigenvalue weighted by molar-refractivity contribution is -0.144. The van der Waals surface area contributed by atoms with E-state index in [2.05, 4.69) is 19.1 Å². The number of hydrogen-bond donors (Lipinski definition) is 0. The van der Waals surface area contributed by atoms with Crippen LogP contribution in [0.5, 0.6) is 0 Å². The number of carbonyl (C=O) groups is 1. The molecule has 2 nitrogen and oxygen atoms in total. The number of carbonyl (C=O) groups excluding carboxylic acids is 1. The van der Waals surface area contributed by atoms with E-state index in [-0.39, 0.29) is 11.4 Å². The number of ether oxygens (including phenoxy) is 1. The van der Waals surface area contributed by atoms with Gasteiger partial charge in [-0.2, -0.15) is 0 Å². The molecule has 0 N–H and O–H groups in total. The van der Waals surface area contributed by atoms with E-state index in [4.69, 9.17) is 4.74 Å². The third-order valence-electron chi connectivity index (χ3n) is 3.46. The minimum atomic E-state index is -0.369. The molecule has 1 fully saturated rings. The van der Waals surface area contributed by atoms with Crippen molar-refractivity contribution in [2.75, 3.05) is 13.4 Å². The highest BCUT2D eigenvalue weighted by Crippen LogP contribution is 2.54. The Labute approximate surface area is 100 Å². The van der Waals surface area contributed by atoms with Gasteiger partial charge in [-0.1, -0.05) is 19.1 Å². The summed E-state index contributed by atoms with van der Waals surface area (Å²) in [6.45, 7) is 2.10. The maximum atomic E-state index is 11.8. The van der Waals surface area contributed by atoms with E-state index in [1.165, 1.54) is 12.0 Å². The molecular formula is C13H16O2S. The number of hydrogen-bond acceptors (Lipinski definition) is 3. The predicted octanol–water partition coefficient (Wildman–Crippen LogP) is 2.86. The van der Waals surface area contributed by atoms with Crippen LogP contribution in [0.25, 0.3) is 0 Å². The van der Waals surface area contributed by atoms with E-state index in [0.717, 1.165) is 12.0 Å². The molecule has 0 saturated heterocycles. The average molecular weight is 236 g/mol. The molecule has 0 heterocycles. The summed E-state index contributed by atoms with van der Waals surface area (Å²) in [5.41, 5.74) is 0.718. The van der Waals surface area contributed by atoms with Crippen LogP contribution in [-0.2, 0) is 14.9 Å². The van der Waals surface area contributed by atoms with Crippen LogP contribution in [0, 0.1) is 5.92 Å². The van der Waals surface area contributed by atoms with Gasteiger partial charge in [0, 0.05) is 4.90 Å². The summed E-state index contributed by atoms with van der Waals surface area (Å²) in [5, 5.41) is 0. The maximum absolute atomic E-state index is 11.8. The van der Waals surface area contributed by atoms with Gasteiger partial charge in [0.15, 0.2) is 0 Å². The van der Waals surface area contributed by atoms with Crippen molar-refractivity contribution in [1.82, 2.24) is 0 Å². The maximum Gasteiger partial charge on any atom is 0.316 e. The number of thioether (sulfide) groups is 1. The molecule has 16 heavy (non-hydrogen) atoms. The third kappa shape index (κ3) is 1.63. The second kappa shape index (κ2) is 4.13. The molecule has 2 rings (SSSR count). The normalized spacial score (nSPS) is 27.6. The zero-order valence-electron chi connectivity index (χ0n) is 9.82. The third-order valence-corrected chi connectivity index (χ3v) is 4.21. The highest BCUT2D eigenvalue weighted by Gasteiger charge is 2.59. The molecule has 1 aliphatic carbocycles. The zero-order valence-corrected chi connectivity index (χ0v) is 10.6. The van der Waals surface area contributed by atoms with Gasteiger partial charge >= 0.3 is 5.97 Å². The Morgan fingerprint density at radius 2 is 2.00 bits per heavy atom. The van der Waals surface area contributed by atoms with Gasteiger partial charge in [0.2, 0.25) is 0 Å². The first-order chi connectivity index (χ1) is 7.65. The fraction of sp³-hybridized carbons (Fsp3) is 0.462. The van der Waals surface area contributed by atoms with E-state index < -0.39 is 0 Å². The fourth-order valence-electron chi connectivity index (χ4n) is 2.30. The topological polar surface area (TPSA) is 26.3 Å². The van der Waals surface area contributed by atoms with E-state index in [1.807, 2.05) is 18.4 Å². The lowest BCUT2D eigenvalue weighted by Gasteiger charge is -2.14. The molecule has 1 aromatic carbocycles. The van der Waals surface area contributed by atoms with Crippen LogP contribution >= 0.6 is 11.8 Å². The van der Waals surface area contributed by atoms with Gasteiger partial charge in [0.05, 0.1) is 12.5 Å². The average Bonchev–Trinajstić information content (AvgIpc) is 3.01. The second-order valence-corrected chi connectivity index (χ2v) is 5.18. The number of rotatable bonds is 3. The van der Waals surface area contributed by atoms with Crippen molar-refractivity contribution in [2.24, 2.45) is 5.92 Å². The molecule has 1 saturated carbocycles. The molecule has 0 spiro atoms. The lowest BCUT2D eigenvalue weighted by Crippen LogP contribution is -2.23. The van der Waals surface area contributed by atoms with Gasteiger partial charge in [0.1, 0.15) is 0 Å². The van der Waals surface area contributed by atoms with Crippen molar-refractivity contribution in [3.8, 4) is 0 Å². The Hall–Kier alpha value is -0.960. The summed E-state index contributed by atoms with van der Waals surface area (Å²) in [6.07, 6.45) is 2.95. The van der Waals surface area contributed by atoms with Crippen LogP contribution in [0.2, 0.25) is 0 Å². The Kier molecular flexibility index (Phi) is 2.98. The lowest BCUT2D eigenvalue weighted by atomic mass is 9.94. The molecular weight excluding hydrogens is 220 g/mol. The molecule has 0 radical (unpaired) electrons. The molecule has 0 amide bonds. The van der Waals surface area contributed by atoms with Crippen LogP contribution < -0.4 is 0 Å².